The highest BCUT2D eigenvalue weighted by Gasteiger charge is 2.62. The van der Waals surface area contributed by atoms with E-state index in [1.165, 1.54) is 32.2 Å². The predicted octanol–water partition coefficient (Wildman–Crippen LogP) is 3.71. The average Bonchev–Trinajstić information content (AvgIpc) is 3.70. The van der Waals surface area contributed by atoms with Crippen LogP contribution in [0.15, 0.2) is 36.4 Å². The molecule has 0 spiro atoms. The van der Waals surface area contributed by atoms with E-state index in [0.717, 1.165) is 29.8 Å². The van der Waals surface area contributed by atoms with Crippen molar-refractivity contribution in [3.8, 4) is 11.5 Å². The van der Waals surface area contributed by atoms with Crippen molar-refractivity contribution in [3.05, 3.63) is 42.1 Å². The van der Waals surface area contributed by atoms with Gasteiger partial charge in [0.05, 0.1) is 37.9 Å². The average molecular weight is 892 g/mol. The first-order chi connectivity index (χ1) is 27.3. The number of ether oxygens (including phenoxy) is 3. The maximum Gasteiger partial charge on any atom is 0.332 e. The van der Waals surface area contributed by atoms with Crippen molar-refractivity contribution in [2.75, 3.05) is 45.9 Å². The monoisotopic (exact) mass is 890 g/mol. The molecule has 1 aromatic heterocycles. The number of halogens is 1. The molecule has 1 unspecified atom stereocenters. The number of urea groups is 1. The zero-order valence-electron chi connectivity index (χ0n) is 34.1. The van der Waals surface area contributed by atoms with Crippen molar-refractivity contribution >= 4 is 66.5 Å². The maximum atomic E-state index is 14.7. The van der Waals surface area contributed by atoms with Crippen molar-refractivity contribution in [1.82, 2.24) is 30.1 Å². The van der Waals surface area contributed by atoms with E-state index in [4.69, 9.17) is 14.2 Å². The SMILES string of the molecule is COC(=O)[C@@]12CC1/C=C\CCCCC[C@H](NC(=O)N[C@H](CN(C)S(C)(=O)=O)C(C)(C)C)C(=O)N1C[C@H](Oc3cc(C(=O)CBr)nc4cc(OC)ccc34)C[C@H]1C(=O)N2. The minimum atomic E-state index is -3.55. The first-order valence-electron chi connectivity index (χ1n) is 19.4. The van der Waals surface area contributed by atoms with Gasteiger partial charge in [-0.15, -0.1) is 0 Å². The number of pyridine rings is 1. The van der Waals surface area contributed by atoms with E-state index in [2.05, 4.69) is 36.9 Å². The summed E-state index contributed by atoms with van der Waals surface area (Å²) in [6.07, 6.45) is 7.73. The summed E-state index contributed by atoms with van der Waals surface area (Å²) in [5.74, 6) is -1.41. The quantitative estimate of drug-likeness (QED) is 0.129. The lowest BCUT2D eigenvalue weighted by atomic mass is 9.87. The van der Waals surface area contributed by atoms with Crippen molar-refractivity contribution in [1.29, 1.82) is 0 Å². The number of hydrogen-bond acceptors (Lipinski definition) is 11. The second-order valence-electron chi connectivity index (χ2n) is 16.4. The molecule has 3 N–H and O–H groups in total. The fourth-order valence-corrected chi connectivity index (χ4v) is 8.10. The molecule has 6 atom stereocenters. The number of nitrogens with zero attached hydrogens (tertiary/aromatic N) is 3. The number of ketones is 1. The molecular weight excluding hydrogens is 836 g/mol. The zero-order chi connectivity index (χ0) is 42.6. The van der Waals surface area contributed by atoms with Gasteiger partial charge in [-0.25, -0.2) is 27.3 Å². The highest BCUT2D eigenvalue weighted by atomic mass is 79.9. The fraction of sp³-hybridized carbons (Fsp3) is 0.600. The van der Waals surface area contributed by atoms with Gasteiger partial charge in [-0.1, -0.05) is 61.7 Å². The number of sulfonamides is 1. The smallest absolute Gasteiger partial charge is 0.332 e. The van der Waals surface area contributed by atoms with Gasteiger partial charge < -0.3 is 35.1 Å². The van der Waals surface area contributed by atoms with Crippen molar-refractivity contribution < 1.29 is 46.6 Å². The minimum Gasteiger partial charge on any atom is -0.497 e. The number of alkyl halides is 1. The number of carbonyl (C=O) groups excluding carboxylic acids is 5. The molecule has 16 nitrogen and oxygen atoms in total. The highest BCUT2D eigenvalue weighted by Crippen LogP contribution is 2.46. The standard InChI is InChI=1S/C40H55BrN6O10S/c1-39(2,3)34(23-46(4)58(7,53)54)44-38(52)43-28-14-12-10-8-9-11-13-24-20-40(24,37(51)56-6)45-35(49)31-18-26(22-47(31)36(28)50)57-33-19-30(32(48)21-41)42-29-17-25(55-5)15-16-27(29)33/h11,13,15-17,19,24,26,28,31,34H,8-10,12,14,18,20-23H2,1-7H3,(H,45,49)(H2,43,44,52)/b13-11-/t24?,26-,28+,31+,34-,40-/m1/s1. The number of allylic oxidation sites excluding steroid dienone is 1. The van der Waals surface area contributed by atoms with E-state index >= 15 is 0 Å². The molecule has 2 aliphatic heterocycles. The summed E-state index contributed by atoms with van der Waals surface area (Å²) in [7, 11) is 0.666. The number of amides is 4. The Bertz CT molecular complexity index is 2040. The van der Waals surface area contributed by atoms with Crippen LogP contribution in [0.2, 0.25) is 0 Å². The topological polar surface area (TPSA) is 203 Å². The maximum absolute atomic E-state index is 14.7. The first-order valence-corrected chi connectivity index (χ1v) is 22.4. The normalized spacial score (nSPS) is 25.3. The number of rotatable bonds is 11. The Morgan fingerprint density at radius 2 is 1.88 bits per heavy atom. The van der Waals surface area contributed by atoms with E-state index in [0.29, 0.717) is 35.2 Å². The summed E-state index contributed by atoms with van der Waals surface area (Å²) in [6, 6.07) is 3.23. The summed E-state index contributed by atoms with van der Waals surface area (Å²) in [5, 5.41) is 9.27. The Labute approximate surface area is 348 Å². The number of hydrogen-bond donors (Lipinski definition) is 3. The second kappa shape index (κ2) is 18.3. The van der Waals surface area contributed by atoms with Crippen LogP contribution < -0.4 is 25.4 Å². The van der Waals surface area contributed by atoms with Crippen LogP contribution in [0.3, 0.4) is 0 Å². The molecule has 2 aromatic rings. The van der Waals surface area contributed by atoms with Crippen LogP contribution in [0.25, 0.3) is 10.9 Å². The fourth-order valence-electron chi connectivity index (χ4n) is 7.39. The van der Waals surface area contributed by atoms with Crippen LogP contribution in [0.4, 0.5) is 4.79 Å². The summed E-state index contributed by atoms with van der Waals surface area (Å²) in [5.41, 5.74) is -1.26. The lowest BCUT2D eigenvalue weighted by Gasteiger charge is -2.35. The Hall–Kier alpha value is -4.29. The number of Topliss-reactive ketones (excluding diaryl/α,β-unsaturated/α-hetero) is 1. The van der Waals surface area contributed by atoms with Crippen molar-refractivity contribution in [2.45, 2.75) is 95.5 Å². The summed E-state index contributed by atoms with van der Waals surface area (Å²) in [4.78, 5) is 74.7. The van der Waals surface area contributed by atoms with Crippen LogP contribution in [-0.2, 0) is 29.1 Å². The van der Waals surface area contributed by atoms with Crippen LogP contribution in [-0.4, -0.2) is 128 Å². The van der Waals surface area contributed by atoms with Crippen LogP contribution in [0.5, 0.6) is 11.5 Å². The molecule has 1 aromatic carbocycles. The summed E-state index contributed by atoms with van der Waals surface area (Å²) >= 11 is 3.21. The predicted molar refractivity (Wildman–Crippen MR) is 220 cm³/mol. The number of esters is 1. The number of carbonyl (C=O) groups is 5. The summed E-state index contributed by atoms with van der Waals surface area (Å²) in [6.45, 7) is 5.56. The summed E-state index contributed by atoms with van der Waals surface area (Å²) < 4.78 is 42.8. The molecule has 1 aliphatic carbocycles. The number of likely N-dealkylation sites (N-methyl/N-ethyl adjacent to an activating group) is 1. The van der Waals surface area contributed by atoms with E-state index in [9.17, 15) is 32.4 Å². The number of fused-ring (bicyclic) bond motifs is 3. The number of methoxy groups -OCH3 is 2. The molecule has 1 saturated carbocycles. The Morgan fingerprint density at radius 3 is 2.53 bits per heavy atom. The van der Waals surface area contributed by atoms with Gasteiger partial charge in [0.25, 0.3) is 0 Å². The van der Waals surface area contributed by atoms with Gasteiger partial charge in [0.2, 0.25) is 21.8 Å². The molecule has 3 aliphatic rings. The van der Waals surface area contributed by atoms with Gasteiger partial charge in [-0.05, 0) is 43.2 Å². The zero-order valence-corrected chi connectivity index (χ0v) is 36.5. The molecule has 318 valence electrons. The number of aromatic nitrogens is 1. The number of nitrogens with one attached hydrogen (secondary N) is 3. The second-order valence-corrected chi connectivity index (χ2v) is 19.0. The molecule has 58 heavy (non-hydrogen) atoms. The molecule has 5 rings (SSSR count). The van der Waals surface area contributed by atoms with Crippen LogP contribution >= 0.6 is 15.9 Å². The Morgan fingerprint density at radius 1 is 1.14 bits per heavy atom. The third-order valence-corrected chi connectivity index (χ3v) is 12.9. The lowest BCUT2D eigenvalue weighted by molar-refractivity contribution is -0.148. The van der Waals surface area contributed by atoms with Gasteiger partial charge in [-0.2, -0.15) is 0 Å². The van der Waals surface area contributed by atoms with Crippen molar-refractivity contribution in [2.24, 2.45) is 11.3 Å². The molecular formula is C40H55BrN6O10S. The molecule has 2 fully saturated rings. The third kappa shape index (κ3) is 10.5. The van der Waals surface area contributed by atoms with Gasteiger partial charge in [0, 0.05) is 49.5 Å². The molecule has 18 heteroatoms. The van der Waals surface area contributed by atoms with Crippen molar-refractivity contribution in [3.63, 3.8) is 0 Å². The molecule has 0 bridgehead atoms. The first kappa shape index (κ1) is 44.8. The van der Waals surface area contributed by atoms with Crippen LogP contribution in [0.1, 0.15) is 76.2 Å². The molecule has 3 heterocycles. The minimum absolute atomic E-state index is 0.00235. The van der Waals surface area contributed by atoms with E-state index in [1.54, 1.807) is 18.2 Å². The van der Waals surface area contributed by atoms with Crippen LogP contribution in [0, 0.1) is 11.3 Å². The highest BCUT2D eigenvalue weighted by molar-refractivity contribution is 9.09. The lowest BCUT2D eigenvalue weighted by Crippen LogP contribution is -2.59. The molecule has 0 radical (unpaired) electrons. The van der Waals surface area contributed by atoms with E-state index in [-0.39, 0.29) is 48.7 Å². The van der Waals surface area contributed by atoms with E-state index in [1.807, 2.05) is 32.9 Å². The van der Waals surface area contributed by atoms with Gasteiger partial charge in [0.1, 0.15) is 40.9 Å². The van der Waals surface area contributed by atoms with Gasteiger partial charge >= 0.3 is 12.0 Å². The Kier molecular flexibility index (Phi) is 14.2. The number of benzene rings is 1. The van der Waals surface area contributed by atoms with Gasteiger partial charge in [-0.3, -0.25) is 14.4 Å². The third-order valence-electron chi connectivity index (χ3n) is 11.1. The van der Waals surface area contributed by atoms with E-state index < -0.39 is 69.0 Å². The Balaban J connectivity index is 1.49. The van der Waals surface area contributed by atoms with Gasteiger partial charge in [0.15, 0.2) is 5.78 Å². The molecule has 4 amide bonds. The molecule has 1 saturated heterocycles. The largest absolute Gasteiger partial charge is 0.497 e.